The molecule has 1 aliphatic rings. The molecule has 1 amide bonds. The number of nitrogens with two attached hydrogens (primary N) is 1. The van der Waals surface area contributed by atoms with E-state index in [0.29, 0.717) is 18.2 Å². The Hall–Kier alpha value is -1.55. The van der Waals surface area contributed by atoms with E-state index in [4.69, 9.17) is 10.5 Å². The van der Waals surface area contributed by atoms with Crippen molar-refractivity contribution in [1.29, 1.82) is 0 Å². The average Bonchev–Trinajstić information content (AvgIpc) is 2.95. The lowest BCUT2D eigenvalue weighted by molar-refractivity contribution is -0.132. The first kappa shape index (κ1) is 15.8. The van der Waals surface area contributed by atoms with Gasteiger partial charge in [0.25, 0.3) is 5.91 Å². The second-order valence-corrected chi connectivity index (χ2v) is 6.79. The summed E-state index contributed by atoms with van der Waals surface area (Å²) in [7, 11) is 0. The van der Waals surface area contributed by atoms with Crippen molar-refractivity contribution in [2.75, 3.05) is 19.7 Å². The number of benzene rings is 1. The molecule has 0 radical (unpaired) electrons. The molecule has 4 heteroatoms. The number of carbonyl (C=O) groups is 1. The smallest absolute Gasteiger partial charge is 0.260 e. The summed E-state index contributed by atoms with van der Waals surface area (Å²) < 4.78 is 5.65. The predicted molar refractivity (Wildman–Crippen MR) is 84.0 cm³/mol. The third-order valence-electron chi connectivity index (χ3n) is 4.31. The summed E-state index contributed by atoms with van der Waals surface area (Å²) in [4.78, 5) is 14.2. The molecule has 116 valence electrons. The molecule has 1 aliphatic heterocycles. The minimum atomic E-state index is 0.0635. The van der Waals surface area contributed by atoms with Gasteiger partial charge in [0.05, 0.1) is 0 Å². The summed E-state index contributed by atoms with van der Waals surface area (Å²) in [5, 5.41) is 0. The Labute approximate surface area is 127 Å². The lowest BCUT2D eigenvalue weighted by Gasteiger charge is -2.27. The van der Waals surface area contributed by atoms with E-state index in [9.17, 15) is 4.79 Å². The Kier molecular flexibility index (Phi) is 4.88. The number of rotatable bonds is 4. The largest absolute Gasteiger partial charge is 0.483 e. The number of hydrogen-bond donors (Lipinski definition) is 1. The van der Waals surface area contributed by atoms with Crippen LogP contribution in [0.25, 0.3) is 0 Å². The molecule has 1 unspecified atom stereocenters. The Morgan fingerprint density at radius 1 is 1.38 bits per heavy atom. The zero-order valence-corrected chi connectivity index (χ0v) is 13.3. The van der Waals surface area contributed by atoms with Crippen molar-refractivity contribution < 1.29 is 9.53 Å². The molecule has 0 aliphatic carbocycles. The number of nitrogens with zero attached hydrogens (tertiary/aromatic N) is 1. The molecule has 4 nitrogen and oxygen atoms in total. The third kappa shape index (κ3) is 3.97. The Morgan fingerprint density at radius 3 is 2.71 bits per heavy atom. The van der Waals surface area contributed by atoms with Crippen LogP contribution in [0, 0.1) is 11.3 Å². The predicted octanol–water partition coefficient (Wildman–Crippen LogP) is 2.42. The van der Waals surface area contributed by atoms with Gasteiger partial charge in [-0.15, -0.1) is 0 Å². The van der Waals surface area contributed by atoms with Crippen LogP contribution in [0.4, 0.5) is 0 Å². The SMILES string of the molecule is CC(C)(C)C1CCN(C(=O)COc2ccccc2CN)C1. The molecule has 1 atom stereocenters. The van der Waals surface area contributed by atoms with Gasteiger partial charge < -0.3 is 15.4 Å². The molecule has 2 N–H and O–H groups in total. The van der Waals surface area contributed by atoms with Crippen molar-refractivity contribution in [3.05, 3.63) is 29.8 Å². The zero-order chi connectivity index (χ0) is 15.5. The Balaban J connectivity index is 1.88. The van der Waals surface area contributed by atoms with Gasteiger partial charge in [-0.2, -0.15) is 0 Å². The van der Waals surface area contributed by atoms with Gasteiger partial charge in [0.1, 0.15) is 5.75 Å². The first-order valence-corrected chi connectivity index (χ1v) is 7.60. The summed E-state index contributed by atoms with van der Waals surface area (Å²) in [6, 6.07) is 7.60. The first-order valence-electron chi connectivity index (χ1n) is 7.60. The van der Waals surface area contributed by atoms with Crippen LogP contribution in [-0.4, -0.2) is 30.5 Å². The highest BCUT2D eigenvalue weighted by molar-refractivity contribution is 5.78. The Morgan fingerprint density at radius 2 is 2.10 bits per heavy atom. The summed E-state index contributed by atoms with van der Waals surface area (Å²) in [5.41, 5.74) is 6.85. The summed E-state index contributed by atoms with van der Waals surface area (Å²) in [6.45, 7) is 8.89. The number of likely N-dealkylation sites (tertiary alicyclic amines) is 1. The molecule has 1 aromatic rings. The highest BCUT2D eigenvalue weighted by atomic mass is 16.5. The van der Waals surface area contributed by atoms with E-state index in [-0.39, 0.29) is 17.9 Å². The molecular formula is C17H26N2O2. The molecule has 1 fully saturated rings. The molecule has 1 heterocycles. The molecule has 0 aromatic heterocycles. The van der Waals surface area contributed by atoms with Gasteiger partial charge in [0.2, 0.25) is 0 Å². The monoisotopic (exact) mass is 290 g/mol. The molecule has 0 spiro atoms. The van der Waals surface area contributed by atoms with Crippen molar-refractivity contribution in [2.24, 2.45) is 17.1 Å². The molecule has 1 saturated heterocycles. The molecule has 0 bridgehead atoms. The van der Waals surface area contributed by atoms with Crippen LogP contribution < -0.4 is 10.5 Å². The van der Waals surface area contributed by atoms with Crippen LogP contribution in [0.15, 0.2) is 24.3 Å². The molecular weight excluding hydrogens is 264 g/mol. The quantitative estimate of drug-likeness (QED) is 0.926. The summed E-state index contributed by atoms with van der Waals surface area (Å²) in [5.74, 6) is 1.34. The minimum Gasteiger partial charge on any atom is -0.483 e. The Bertz CT molecular complexity index is 494. The fourth-order valence-electron chi connectivity index (χ4n) is 2.74. The van der Waals surface area contributed by atoms with E-state index >= 15 is 0 Å². The van der Waals surface area contributed by atoms with Gasteiger partial charge in [-0.05, 0) is 23.8 Å². The van der Waals surface area contributed by atoms with E-state index in [1.807, 2.05) is 29.2 Å². The van der Waals surface area contributed by atoms with Crippen LogP contribution in [0.3, 0.4) is 0 Å². The van der Waals surface area contributed by atoms with Crippen LogP contribution in [0.5, 0.6) is 5.75 Å². The topological polar surface area (TPSA) is 55.6 Å². The third-order valence-corrected chi connectivity index (χ3v) is 4.31. The van der Waals surface area contributed by atoms with Gasteiger partial charge in [-0.25, -0.2) is 0 Å². The van der Waals surface area contributed by atoms with E-state index in [1.54, 1.807) is 0 Å². The second-order valence-electron chi connectivity index (χ2n) is 6.79. The van der Waals surface area contributed by atoms with E-state index in [0.717, 1.165) is 25.1 Å². The van der Waals surface area contributed by atoms with Crippen molar-refractivity contribution in [1.82, 2.24) is 4.90 Å². The van der Waals surface area contributed by atoms with E-state index in [1.165, 1.54) is 0 Å². The maximum absolute atomic E-state index is 12.3. The van der Waals surface area contributed by atoms with Crippen LogP contribution in [0.2, 0.25) is 0 Å². The first-order chi connectivity index (χ1) is 9.91. The van der Waals surface area contributed by atoms with Gasteiger partial charge in [0, 0.05) is 25.2 Å². The maximum Gasteiger partial charge on any atom is 0.260 e. The normalized spacial score (nSPS) is 18.9. The molecule has 2 rings (SSSR count). The van der Waals surface area contributed by atoms with Gasteiger partial charge in [0.15, 0.2) is 6.61 Å². The number of para-hydroxylation sites is 1. The van der Waals surface area contributed by atoms with Crippen molar-refractivity contribution in [2.45, 2.75) is 33.7 Å². The number of ether oxygens (including phenoxy) is 1. The highest BCUT2D eigenvalue weighted by Crippen LogP contribution is 2.33. The standard InChI is InChI=1S/C17H26N2O2/c1-17(2,3)14-8-9-19(11-14)16(20)12-21-15-7-5-4-6-13(15)10-18/h4-7,14H,8-12,18H2,1-3H3. The fraction of sp³-hybridized carbons (Fsp3) is 0.588. The fourth-order valence-corrected chi connectivity index (χ4v) is 2.74. The second kappa shape index (κ2) is 6.48. The lowest BCUT2D eigenvalue weighted by Crippen LogP contribution is -2.34. The van der Waals surface area contributed by atoms with E-state index < -0.39 is 0 Å². The number of amides is 1. The molecule has 0 saturated carbocycles. The van der Waals surface area contributed by atoms with Crippen molar-refractivity contribution in [3.63, 3.8) is 0 Å². The lowest BCUT2D eigenvalue weighted by atomic mass is 9.80. The molecule has 1 aromatic carbocycles. The van der Waals surface area contributed by atoms with Crippen molar-refractivity contribution >= 4 is 5.91 Å². The van der Waals surface area contributed by atoms with Crippen LogP contribution >= 0.6 is 0 Å². The van der Waals surface area contributed by atoms with Gasteiger partial charge in [-0.3, -0.25) is 4.79 Å². The van der Waals surface area contributed by atoms with Gasteiger partial charge in [-0.1, -0.05) is 39.0 Å². The van der Waals surface area contributed by atoms with Crippen LogP contribution in [-0.2, 0) is 11.3 Å². The van der Waals surface area contributed by atoms with E-state index in [2.05, 4.69) is 20.8 Å². The maximum atomic E-state index is 12.3. The summed E-state index contributed by atoms with van der Waals surface area (Å²) in [6.07, 6.45) is 1.08. The minimum absolute atomic E-state index is 0.0635. The number of hydrogen-bond acceptors (Lipinski definition) is 3. The zero-order valence-electron chi connectivity index (χ0n) is 13.3. The summed E-state index contributed by atoms with van der Waals surface area (Å²) >= 11 is 0. The average molecular weight is 290 g/mol. The van der Waals surface area contributed by atoms with Gasteiger partial charge >= 0.3 is 0 Å². The highest BCUT2D eigenvalue weighted by Gasteiger charge is 2.33. The molecule has 21 heavy (non-hydrogen) atoms. The number of carbonyl (C=O) groups excluding carboxylic acids is 1. The van der Waals surface area contributed by atoms with Crippen molar-refractivity contribution in [3.8, 4) is 5.75 Å². The van der Waals surface area contributed by atoms with Crippen LogP contribution in [0.1, 0.15) is 32.8 Å².